The lowest BCUT2D eigenvalue weighted by atomic mass is 10.0. The van der Waals surface area contributed by atoms with Crippen LogP contribution in [0.5, 0.6) is 5.75 Å². The van der Waals surface area contributed by atoms with E-state index in [-0.39, 0.29) is 43.5 Å². The number of hydrogen-bond acceptors (Lipinski definition) is 5. The zero-order valence-corrected chi connectivity index (χ0v) is 21.3. The van der Waals surface area contributed by atoms with E-state index in [2.05, 4.69) is 5.32 Å². The summed E-state index contributed by atoms with van der Waals surface area (Å²) in [6.07, 6.45) is -4.66. The molecule has 0 radical (unpaired) electrons. The lowest BCUT2D eigenvalue weighted by molar-refractivity contribution is -0.138. The number of alkyl halides is 3. The Morgan fingerprint density at radius 2 is 1.77 bits per heavy atom. The third-order valence-electron chi connectivity index (χ3n) is 6.91. The maximum atomic E-state index is 13.1. The second kappa shape index (κ2) is 10.5. The summed E-state index contributed by atoms with van der Waals surface area (Å²) in [6.45, 7) is 0.393. The van der Waals surface area contributed by atoms with E-state index in [1.165, 1.54) is 29.0 Å². The minimum atomic E-state index is -4.43. The third kappa shape index (κ3) is 5.54. The molecule has 0 aliphatic carbocycles. The molecule has 206 valence electrons. The molecule has 4 amide bonds. The second-order valence-electron chi connectivity index (χ2n) is 9.72. The summed E-state index contributed by atoms with van der Waals surface area (Å²) in [7, 11) is 1.53. The van der Waals surface area contributed by atoms with Gasteiger partial charge in [0, 0.05) is 32.1 Å². The summed E-state index contributed by atoms with van der Waals surface area (Å²) >= 11 is 0. The van der Waals surface area contributed by atoms with Gasteiger partial charge in [0.25, 0.3) is 5.91 Å². The molecule has 1 atom stereocenters. The van der Waals surface area contributed by atoms with E-state index < -0.39 is 29.8 Å². The molecule has 1 saturated heterocycles. The van der Waals surface area contributed by atoms with Gasteiger partial charge < -0.3 is 14.5 Å². The average Bonchev–Trinajstić information content (AvgIpc) is 3.23. The van der Waals surface area contributed by atoms with Gasteiger partial charge in [0.15, 0.2) is 0 Å². The van der Waals surface area contributed by atoms with Crippen molar-refractivity contribution >= 4 is 23.8 Å². The number of ether oxygens (including phenoxy) is 1. The molecule has 0 bridgehead atoms. The lowest BCUT2D eigenvalue weighted by Crippen LogP contribution is -2.52. The van der Waals surface area contributed by atoms with Crippen LogP contribution in [0.4, 0.5) is 18.0 Å². The maximum Gasteiger partial charge on any atom is 0.416 e. The first-order valence-corrected chi connectivity index (χ1v) is 12.5. The van der Waals surface area contributed by atoms with Crippen LogP contribution in [-0.4, -0.2) is 46.7 Å². The fourth-order valence-electron chi connectivity index (χ4n) is 4.81. The standard InChI is InChI=1S/C29H24F3N3O5/c1-34(28(39)40-22-4-2-3-19(14-22)18-7-9-21(10-8-18)29(30,31)32)15-17-5-6-20-16-35(27(38)23(20)13-17)24-11-12-25(36)33-26(24)37/h2-10,13-14,24H,11-12,15-16H2,1H3,(H,33,36,37). The van der Waals surface area contributed by atoms with Gasteiger partial charge in [-0.15, -0.1) is 0 Å². The fourth-order valence-corrected chi connectivity index (χ4v) is 4.81. The first-order chi connectivity index (χ1) is 19.0. The number of rotatable bonds is 5. The van der Waals surface area contributed by atoms with E-state index in [0.717, 1.165) is 17.7 Å². The van der Waals surface area contributed by atoms with Gasteiger partial charge in [0.2, 0.25) is 11.8 Å². The van der Waals surface area contributed by atoms with Crippen molar-refractivity contribution in [2.75, 3.05) is 7.05 Å². The van der Waals surface area contributed by atoms with E-state index in [4.69, 9.17) is 4.74 Å². The molecule has 1 unspecified atom stereocenters. The fraction of sp³-hybridized carbons (Fsp3) is 0.241. The summed E-state index contributed by atoms with van der Waals surface area (Å²) in [5.41, 5.74) is 2.23. The Hall–Kier alpha value is -4.67. The van der Waals surface area contributed by atoms with Gasteiger partial charge in [0.05, 0.1) is 5.56 Å². The van der Waals surface area contributed by atoms with Crippen LogP contribution < -0.4 is 10.1 Å². The van der Waals surface area contributed by atoms with Gasteiger partial charge in [-0.3, -0.25) is 19.7 Å². The van der Waals surface area contributed by atoms with E-state index in [1.54, 1.807) is 42.5 Å². The highest BCUT2D eigenvalue weighted by molar-refractivity contribution is 6.05. The quantitative estimate of drug-likeness (QED) is 0.462. The molecule has 5 rings (SSSR count). The van der Waals surface area contributed by atoms with Crippen molar-refractivity contribution in [3.05, 3.63) is 89.0 Å². The molecule has 1 fully saturated rings. The molecule has 11 heteroatoms. The maximum absolute atomic E-state index is 13.1. The van der Waals surface area contributed by atoms with Crippen LogP contribution in [0.1, 0.15) is 39.9 Å². The number of hydrogen-bond donors (Lipinski definition) is 1. The molecule has 0 spiro atoms. The van der Waals surface area contributed by atoms with Crippen molar-refractivity contribution in [3.8, 4) is 16.9 Å². The van der Waals surface area contributed by atoms with Crippen molar-refractivity contribution in [2.24, 2.45) is 0 Å². The number of amides is 4. The van der Waals surface area contributed by atoms with Crippen LogP contribution in [-0.2, 0) is 28.9 Å². The Morgan fingerprint density at radius 3 is 2.48 bits per heavy atom. The molecule has 8 nitrogen and oxygen atoms in total. The van der Waals surface area contributed by atoms with E-state index in [9.17, 15) is 32.3 Å². The van der Waals surface area contributed by atoms with E-state index in [0.29, 0.717) is 22.3 Å². The molecule has 3 aromatic rings. The number of carbonyl (C=O) groups is 4. The van der Waals surface area contributed by atoms with Crippen LogP contribution in [0.2, 0.25) is 0 Å². The lowest BCUT2D eigenvalue weighted by Gasteiger charge is -2.29. The normalized spacial score (nSPS) is 16.9. The highest BCUT2D eigenvalue weighted by atomic mass is 19.4. The van der Waals surface area contributed by atoms with Gasteiger partial charge in [-0.25, -0.2) is 4.79 Å². The minimum Gasteiger partial charge on any atom is -0.410 e. The first kappa shape index (κ1) is 26.9. The van der Waals surface area contributed by atoms with Crippen molar-refractivity contribution in [2.45, 2.75) is 38.1 Å². The Kier molecular flexibility index (Phi) is 7.05. The number of halogens is 3. The second-order valence-corrected chi connectivity index (χ2v) is 9.72. The Morgan fingerprint density at radius 1 is 1.02 bits per heavy atom. The number of nitrogens with one attached hydrogen (secondary N) is 1. The summed E-state index contributed by atoms with van der Waals surface area (Å²) in [5.74, 6) is -0.925. The largest absolute Gasteiger partial charge is 0.416 e. The topological polar surface area (TPSA) is 96.0 Å². The predicted molar refractivity (Wildman–Crippen MR) is 137 cm³/mol. The Labute approximate surface area is 227 Å². The molecular weight excluding hydrogens is 527 g/mol. The SMILES string of the molecule is CN(Cc1ccc2c(c1)C(=O)N(C1CCC(=O)NC1=O)C2)C(=O)Oc1cccc(-c2ccc(C(F)(F)F)cc2)c1. The summed E-state index contributed by atoms with van der Waals surface area (Å²) in [6, 6.07) is 15.7. The van der Waals surface area contributed by atoms with E-state index >= 15 is 0 Å². The molecule has 40 heavy (non-hydrogen) atoms. The molecular formula is C29H24F3N3O5. The highest BCUT2D eigenvalue weighted by Crippen LogP contribution is 2.32. The predicted octanol–water partition coefficient (Wildman–Crippen LogP) is 4.76. The van der Waals surface area contributed by atoms with Crippen molar-refractivity contribution in [1.29, 1.82) is 0 Å². The van der Waals surface area contributed by atoms with Crippen LogP contribution in [0.25, 0.3) is 11.1 Å². The van der Waals surface area contributed by atoms with E-state index in [1.807, 2.05) is 0 Å². The van der Waals surface area contributed by atoms with Crippen molar-refractivity contribution < 1.29 is 37.1 Å². The number of benzene rings is 3. The molecule has 2 aliphatic rings. The van der Waals surface area contributed by atoms with Gasteiger partial charge in [-0.1, -0.05) is 36.4 Å². The molecule has 1 N–H and O–H groups in total. The van der Waals surface area contributed by atoms with Crippen molar-refractivity contribution in [3.63, 3.8) is 0 Å². The highest BCUT2D eigenvalue weighted by Gasteiger charge is 2.39. The van der Waals surface area contributed by atoms with Gasteiger partial charge in [-0.05, 0) is 59.0 Å². The first-order valence-electron chi connectivity index (χ1n) is 12.5. The van der Waals surface area contributed by atoms with Crippen LogP contribution >= 0.6 is 0 Å². The summed E-state index contributed by atoms with van der Waals surface area (Å²) in [5, 5.41) is 2.27. The molecule has 3 aromatic carbocycles. The summed E-state index contributed by atoms with van der Waals surface area (Å²) < 4.78 is 44.1. The molecule has 0 aromatic heterocycles. The van der Waals surface area contributed by atoms with Crippen LogP contribution in [0, 0.1) is 0 Å². The minimum absolute atomic E-state index is 0.135. The zero-order valence-electron chi connectivity index (χ0n) is 21.3. The number of nitrogens with zero attached hydrogens (tertiary/aromatic N) is 2. The van der Waals surface area contributed by atoms with Crippen LogP contribution in [0.15, 0.2) is 66.7 Å². The van der Waals surface area contributed by atoms with Gasteiger partial charge >= 0.3 is 12.3 Å². The average molecular weight is 552 g/mol. The Balaban J connectivity index is 1.23. The monoisotopic (exact) mass is 551 g/mol. The molecule has 2 heterocycles. The molecule has 2 aliphatic heterocycles. The van der Waals surface area contributed by atoms with Gasteiger partial charge in [0.1, 0.15) is 11.8 Å². The summed E-state index contributed by atoms with van der Waals surface area (Å²) in [4.78, 5) is 52.3. The Bertz CT molecular complexity index is 1500. The third-order valence-corrected chi connectivity index (χ3v) is 6.91. The number of imide groups is 1. The molecule has 0 saturated carbocycles. The van der Waals surface area contributed by atoms with Crippen molar-refractivity contribution in [1.82, 2.24) is 15.1 Å². The van der Waals surface area contributed by atoms with Crippen LogP contribution in [0.3, 0.4) is 0 Å². The number of piperidine rings is 1. The number of carbonyl (C=O) groups excluding carboxylic acids is 4. The number of fused-ring (bicyclic) bond motifs is 1. The zero-order chi connectivity index (χ0) is 28.6. The van der Waals surface area contributed by atoms with Gasteiger partial charge in [-0.2, -0.15) is 13.2 Å². The smallest absolute Gasteiger partial charge is 0.410 e.